The molecule has 7 nitrogen and oxygen atoms in total. The van der Waals surface area contributed by atoms with Crippen LogP contribution in [0.5, 0.6) is 0 Å². The van der Waals surface area contributed by atoms with Crippen molar-refractivity contribution >= 4 is 11.6 Å². The molecular formula is C11H12FN3O4. The summed E-state index contributed by atoms with van der Waals surface area (Å²) < 4.78 is 18.4. The number of amides is 1. The van der Waals surface area contributed by atoms with Gasteiger partial charge in [0.2, 0.25) is 5.91 Å². The van der Waals surface area contributed by atoms with E-state index in [1.807, 2.05) is 5.43 Å². The molecule has 0 spiro atoms. The largest absolute Gasteiger partial charge is 0.381 e. The van der Waals surface area contributed by atoms with Crippen LogP contribution in [0, 0.1) is 21.8 Å². The van der Waals surface area contributed by atoms with Gasteiger partial charge in [0.15, 0.2) is 0 Å². The van der Waals surface area contributed by atoms with Gasteiger partial charge in [-0.2, -0.15) is 0 Å². The quantitative estimate of drug-likeness (QED) is 0.357. The van der Waals surface area contributed by atoms with Crippen molar-refractivity contribution in [3.05, 3.63) is 39.7 Å². The van der Waals surface area contributed by atoms with Crippen molar-refractivity contribution in [2.24, 2.45) is 11.8 Å². The summed E-state index contributed by atoms with van der Waals surface area (Å²) >= 11 is 0. The fraction of sp³-hybridized carbons (Fsp3) is 0.364. The summed E-state index contributed by atoms with van der Waals surface area (Å²) in [6.07, 6.45) is 0. The summed E-state index contributed by atoms with van der Waals surface area (Å²) in [7, 11) is 0. The topological polar surface area (TPSA) is 107 Å². The maximum absolute atomic E-state index is 13.4. The van der Waals surface area contributed by atoms with E-state index < -0.39 is 28.3 Å². The van der Waals surface area contributed by atoms with E-state index in [9.17, 15) is 19.3 Å². The zero-order valence-corrected chi connectivity index (χ0v) is 9.84. The molecule has 3 N–H and O–H groups in total. The van der Waals surface area contributed by atoms with Gasteiger partial charge in [0, 0.05) is 12.0 Å². The Labute approximate surface area is 107 Å². The second-order valence-electron chi connectivity index (χ2n) is 4.28. The number of nitro benzene ring substituents is 1. The van der Waals surface area contributed by atoms with Crippen molar-refractivity contribution in [3.63, 3.8) is 0 Å². The standard InChI is InChI=1S/C11H12FN3O4/c12-8-1-6(2-9(3-8)15(17)18)10(11(16)14-13)7-4-19-5-7/h1-3,7,10H,4-5,13H2,(H,14,16). The van der Waals surface area contributed by atoms with E-state index in [0.717, 1.165) is 12.1 Å². The number of rotatable bonds is 4. The van der Waals surface area contributed by atoms with Gasteiger partial charge in [0.25, 0.3) is 5.69 Å². The molecule has 0 aromatic heterocycles. The third kappa shape index (κ3) is 2.69. The second kappa shape index (κ2) is 5.29. The van der Waals surface area contributed by atoms with Crippen molar-refractivity contribution in [2.75, 3.05) is 13.2 Å². The fourth-order valence-electron chi connectivity index (χ4n) is 2.06. The summed E-state index contributed by atoms with van der Waals surface area (Å²) in [6.45, 7) is 0.671. The van der Waals surface area contributed by atoms with E-state index in [2.05, 4.69) is 0 Å². The first-order valence-electron chi connectivity index (χ1n) is 5.56. The van der Waals surface area contributed by atoms with Gasteiger partial charge in [0.05, 0.1) is 30.1 Å². The highest BCUT2D eigenvalue weighted by molar-refractivity contribution is 5.83. The molecule has 1 aliphatic heterocycles. The molecule has 0 saturated carbocycles. The van der Waals surface area contributed by atoms with E-state index in [1.54, 1.807) is 0 Å². The van der Waals surface area contributed by atoms with Crippen molar-refractivity contribution in [1.29, 1.82) is 0 Å². The number of nitrogens with zero attached hydrogens (tertiary/aromatic N) is 1. The maximum atomic E-state index is 13.4. The average Bonchev–Trinajstić information content (AvgIpc) is 2.31. The Morgan fingerprint density at radius 1 is 1.53 bits per heavy atom. The number of hydrogen-bond acceptors (Lipinski definition) is 5. The maximum Gasteiger partial charge on any atom is 0.272 e. The number of benzene rings is 1. The van der Waals surface area contributed by atoms with Crippen molar-refractivity contribution in [3.8, 4) is 0 Å². The molecule has 1 atom stereocenters. The van der Waals surface area contributed by atoms with Gasteiger partial charge in [-0.3, -0.25) is 20.3 Å². The lowest BCUT2D eigenvalue weighted by Gasteiger charge is -2.32. The van der Waals surface area contributed by atoms with Crippen LogP contribution in [-0.2, 0) is 9.53 Å². The van der Waals surface area contributed by atoms with Crippen molar-refractivity contribution < 1.29 is 18.8 Å². The number of nitrogens with one attached hydrogen (secondary N) is 1. The normalized spacial score (nSPS) is 16.5. The van der Waals surface area contributed by atoms with Gasteiger partial charge in [-0.05, 0) is 11.6 Å². The number of halogens is 1. The molecular weight excluding hydrogens is 257 g/mol. The van der Waals surface area contributed by atoms with E-state index in [0.29, 0.717) is 13.2 Å². The number of carbonyl (C=O) groups excluding carboxylic acids is 1. The zero-order valence-electron chi connectivity index (χ0n) is 9.84. The molecule has 1 aromatic rings. The summed E-state index contributed by atoms with van der Waals surface area (Å²) in [5.41, 5.74) is 1.82. The fourth-order valence-corrected chi connectivity index (χ4v) is 2.06. The predicted octanol–water partition coefficient (Wildman–Crippen LogP) is 0.454. The van der Waals surface area contributed by atoms with E-state index in [1.165, 1.54) is 6.07 Å². The Balaban J connectivity index is 2.40. The summed E-state index contributed by atoms with van der Waals surface area (Å²) in [4.78, 5) is 21.8. The highest BCUT2D eigenvalue weighted by Crippen LogP contribution is 2.32. The Morgan fingerprint density at radius 3 is 2.68 bits per heavy atom. The van der Waals surface area contributed by atoms with E-state index in [-0.39, 0.29) is 11.5 Å². The van der Waals surface area contributed by atoms with Gasteiger partial charge in [-0.25, -0.2) is 10.2 Å². The molecule has 1 saturated heterocycles. The van der Waals surface area contributed by atoms with Gasteiger partial charge in [-0.15, -0.1) is 0 Å². The molecule has 1 unspecified atom stereocenters. The molecule has 0 bridgehead atoms. The molecule has 102 valence electrons. The summed E-state index contributed by atoms with van der Waals surface area (Å²) in [5.74, 6) is 2.89. The third-order valence-electron chi connectivity index (χ3n) is 3.03. The van der Waals surface area contributed by atoms with Gasteiger partial charge >= 0.3 is 0 Å². The number of hydrogen-bond donors (Lipinski definition) is 2. The van der Waals surface area contributed by atoms with Gasteiger partial charge in [-0.1, -0.05) is 0 Å². The number of hydrazine groups is 1. The first-order valence-corrected chi connectivity index (χ1v) is 5.56. The Hall–Kier alpha value is -2.06. The monoisotopic (exact) mass is 269 g/mol. The SMILES string of the molecule is NNC(=O)C(c1cc(F)cc([N+](=O)[O-])c1)C1COC1. The zero-order chi connectivity index (χ0) is 14.0. The lowest BCUT2D eigenvalue weighted by molar-refractivity contribution is -0.385. The number of carbonyl (C=O) groups is 1. The number of nitro groups is 1. The number of ether oxygens (including phenoxy) is 1. The minimum atomic E-state index is -0.765. The lowest BCUT2D eigenvalue weighted by atomic mass is 9.84. The van der Waals surface area contributed by atoms with Crippen LogP contribution in [0.4, 0.5) is 10.1 Å². The number of non-ortho nitro benzene ring substituents is 1. The first kappa shape index (κ1) is 13.4. The number of nitrogens with two attached hydrogens (primary N) is 1. The molecule has 1 fully saturated rings. The van der Waals surface area contributed by atoms with Gasteiger partial charge in [0.1, 0.15) is 5.82 Å². The van der Waals surface area contributed by atoms with Crippen molar-refractivity contribution in [2.45, 2.75) is 5.92 Å². The second-order valence-corrected chi connectivity index (χ2v) is 4.28. The van der Waals surface area contributed by atoms with Crippen LogP contribution in [-0.4, -0.2) is 24.0 Å². The smallest absolute Gasteiger partial charge is 0.272 e. The molecule has 1 heterocycles. The minimum Gasteiger partial charge on any atom is -0.381 e. The van der Waals surface area contributed by atoms with Crippen LogP contribution < -0.4 is 11.3 Å². The lowest BCUT2D eigenvalue weighted by Crippen LogP contribution is -2.44. The molecule has 1 amide bonds. The predicted molar refractivity (Wildman–Crippen MR) is 62.4 cm³/mol. The van der Waals surface area contributed by atoms with E-state index >= 15 is 0 Å². The average molecular weight is 269 g/mol. The Morgan fingerprint density at radius 2 is 2.21 bits per heavy atom. The van der Waals surface area contributed by atoms with Crippen LogP contribution in [0.3, 0.4) is 0 Å². The Bertz CT molecular complexity index is 519. The molecule has 1 aliphatic rings. The summed E-state index contributed by atoms with van der Waals surface area (Å²) in [5, 5.41) is 10.7. The Kier molecular flexibility index (Phi) is 3.72. The third-order valence-corrected chi connectivity index (χ3v) is 3.03. The molecule has 0 aliphatic carbocycles. The van der Waals surface area contributed by atoms with Crippen molar-refractivity contribution in [1.82, 2.24) is 5.43 Å². The van der Waals surface area contributed by atoms with Crippen LogP contribution in [0.15, 0.2) is 18.2 Å². The van der Waals surface area contributed by atoms with Gasteiger partial charge < -0.3 is 4.74 Å². The molecule has 19 heavy (non-hydrogen) atoms. The van der Waals surface area contributed by atoms with Crippen LogP contribution in [0.1, 0.15) is 11.5 Å². The first-order chi connectivity index (χ1) is 9.02. The highest BCUT2D eigenvalue weighted by atomic mass is 19.1. The van der Waals surface area contributed by atoms with Crippen LogP contribution in [0.25, 0.3) is 0 Å². The minimum absolute atomic E-state index is 0.162. The summed E-state index contributed by atoms with van der Waals surface area (Å²) in [6, 6.07) is 3.09. The molecule has 8 heteroatoms. The van der Waals surface area contributed by atoms with E-state index in [4.69, 9.17) is 10.6 Å². The molecule has 0 radical (unpaired) electrons. The van der Waals surface area contributed by atoms with Crippen LogP contribution >= 0.6 is 0 Å². The molecule has 2 rings (SSSR count). The molecule has 1 aromatic carbocycles. The van der Waals surface area contributed by atoms with Crippen LogP contribution in [0.2, 0.25) is 0 Å². The highest BCUT2D eigenvalue weighted by Gasteiger charge is 2.35.